The number of thiophene rings is 1. The molecule has 0 atom stereocenters. The summed E-state index contributed by atoms with van der Waals surface area (Å²) in [5.74, 6) is -1.20. The highest BCUT2D eigenvalue weighted by atomic mass is 35.5. The van der Waals surface area contributed by atoms with Crippen molar-refractivity contribution < 1.29 is 13.6 Å². The summed E-state index contributed by atoms with van der Waals surface area (Å²) in [7, 11) is 0. The van der Waals surface area contributed by atoms with Crippen LogP contribution in [0.5, 0.6) is 0 Å². The van der Waals surface area contributed by atoms with E-state index in [1.54, 1.807) is 11.0 Å². The molecule has 26 heavy (non-hydrogen) atoms. The predicted molar refractivity (Wildman–Crippen MR) is 100 cm³/mol. The minimum atomic E-state index is -0.808. The maximum atomic E-state index is 14.2. The Balaban J connectivity index is 0.00000196. The van der Waals surface area contributed by atoms with E-state index in [9.17, 15) is 13.6 Å². The third-order valence-electron chi connectivity index (χ3n) is 4.66. The fourth-order valence-corrected chi connectivity index (χ4v) is 4.03. The lowest BCUT2D eigenvalue weighted by Gasteiger charge is -2.42. The molecule has 0 unspecified atom stereocenters. The maximum Gasteiger partial charge on any atom is 0.263 e. The number of piperidine rings is 1. The summed E-state index contributed by atoms with van der Waals surface area (Å²) in [6.07, 6.45) is 0.945. The van der Waals surface area contributed by atoms with Gasteiger partial charge in [-0.15, -0.1) is 23.7 Å². The molecule has 4 rings (SSSR count). The van der Waals surface area contributed by atoms with Gasteiger partial charge >= 0.3 is 0 Å². The molecule has 0 saturated carbocycles. The standard InChI is InChI=1S/C17H16F2N4OS.ClH/c18-10-3-4-11(19)14-13(10)15(20)22-17(21-14)5-7-23(8-6-17)16(24)12-2-1-9-25-12;/h1-4,9,21H,5-8H2,(H2,20,22);1H. The number of anilines is 1. The number of aliphatic imine (C=N–C) groups is 1. The summed E-state index contributed by atoms with van der Waals surface area (Å²) >= 11 is 1.40. The highest BCUT2D eigenvalue weighted by molar-refractivity contribution is 7.12. The molecule has 9 heteroatoms. The second-order valence-corrected chi connectivity index (χ2v) is 7.15. The zero-order valence-electron chi connectivity index (χ0n) is 13.7. The van der Waals surface area contributed by atoms with E-state index in [2.05, 4.69) is 10.3 Å². The largest absolute Gasteiger partial charge is 0.383 e. The molecule has 138 valence electrons. The molecule has 1 aromatic heterocycles. The normalized spacial score (nSPS) is 17.8. The van der Waals surface area contributed by atoms with E-state index in [4.69, 9.17) is 5.73 Å². The number of benzene rings is 1. The number of nitrogens with zero attached hydrogens (tertiary/aromatic N) is 2. The Bertz CT molecular complexity index is 864. The van der Waals surface area contributed by atoms with Crippen LogP contribution in [0.1, 0.15) is 28.1 Å². The number of hydrogen-bond acceptors (Lipinski definition) is 5. The lowest BCUT2D eigenvalue weighted by atomic mass is 9.93. The van der Waals surface area contributed by atoms with Crippen LogP contribution < -0.4 is 11.1 Å². The molecule has 3 N–H and O–H groups in total. The topological polar surface area (TPSA) is 70.7 Å². The van der Waals surface area contributed by atoms with Crippen molar-refractivity contribution in [3.8, 4) is 0 Å². The van der Waals surface area contributed by atoms with Gasteiger partial charge in [0.25, 0.3) is 5.91 Å². The molecule has 5 nitrogen and oxygen atoms in total. The molecule has 1 amide bonds. The summed E-state index contributed by atoms with van der Waals surface area (Å²) in [6.45, 7) is 0.930. The Morgan fingerprint density at radius 3 is 2.58 bits per heavy atom. The average Bonchev–Trinajstić information content (AvgIpc) is 3.12. The van der Waals surface area contributed by atoms with Gasteiger partial charge in [-0.2, -0.15) is 0 Å². The Labute approximate surface area is 159 Å². The summed E-state index contributed by atoms with van der Waals surface area (Å²) in [4.78, 5) is 19.3. The van der Waals surface area contributed by atoms with Gasteiger partial charge in [0.05, 0.1) is 16.1 Å². The van der Waals surface area contributed by atoms with Crippen molar-refractivity contribution in [3.05, 3.63) is 51.7 Å². The number of likely N-dealkylation sites (tertiary alicyclic amines) is 1. The van der Waals surface area contributed by atoms with Crippen LogP contribution in [0.4, 0.5) is 14.5 Å². The predicted octanol–water partition coefficient (Wildman–Crippen LogP) is 3.21. The van der Waals surface area contributed by atoms with Gasteiger partial charge in [0, 0.05) is 25.9 Å². The minimum absolute atomic E-state index is 0. The molecule has 0 aliphatic carbocycles. The fraction of sp³-hybridized carbons (Fsp3) is 0.294. The monoisotopic (exact) mass is 398 g/mol. The number of rotatable bonds is 1. The molecule has 1 aromatic carbocycles. The average molecular weight is 399 g/mol. The molecule has 3 heterocycles. The first-order valence-electron chi connectivity index (χ1n) is 7.94. The zero-order valence-corrected chi connectivity index (χ0v) is 15.3. The summed E-state index contributed by atoms with van der Waals surface area (Å²) in [5.41, 5.74) is 5.13. The van der Waals surface area contributed by atoms with E-state index in [1.807, 2.05) is 11.4 Å². The molecule has 2 aliphatic rings. The van der Waals surface area contributed by atoms with Gasteiger partial charge in [-0.05, 0) is 23.6 Å². The third-order valence-corrected chi connectivity index (χ3v) is 5.52. The van der Waals surface area contributed by atoms with E-state index in [-0.39, 0.29) is 35.4 Å². The van der Waals surface area contributed by atoms with Gasteiger partial charge in [-0.1, -0.05) is 6.07 Å². The van der Waals surface area contributed by atoms with E-state index >= 15 is 0 Å². The minimum Gasteiger partial charge on any atom is -0.383 e. The van der Waals surface area contributed by atoms with Crippen molar-refractivity contribution >= 4 is 41.2 Å². The first kappa shape index (κ1) is 18.6. The van der Waals surface area contributed by atoms with Gasteiger partial charge < -0.3 is 16.0 Å². The number of carbonyl (C=O) groups excluding carboxylic acids is 1. The van der Waals surface area contributed by atoms with Crippen LogP contribution in [0.3, 0.4) is 0 Å². The molecule has 1 fully saturated rings. The van der Waals surface area contributed by atoms with Gasteiger partial charge in [-0.25, -0.2) is 13.8 Å². The van der Waals surface area contributed by atoms with E-state index in [0.717, 1.165) is 12.1 Å². The first-order chi connectivity index (χ1) is 12.0. The Hall–Kier alpha value is -2.19. The van der Waals surface area contributed by atoms with Crippen molar-refractivity contribution in [1.82, 2.24) is 4.90 Å². The van der Waals surface area contributed by atoms with Crippen LogP contribution in [0.2, 0.25) is 0 Å². The quantitative estimate of drug-likeness (QED) is 0.774. The summed E-state index contributed by atoms with van der Waals surface area (Å²) in [6, 6.07) is 5.74. The maximum absolute atomic E-state index is 14.2. The molecular formula is C17H17ClF2N4OS. The first-order valence-corrected chi connectivity index (χ1v) is 8.82. The lowest BCUT2D eigenvalue weighted by molar-refractivity contribution is 0.0690. The van der Waals surface area contributed by atoms with Crippen LogP contribution in [0.25, 0.3) is 0 Å². The van der Waals surface area contributed by atoms with Crippen LogP contribution in [-0.4, -0.2) is 35.4 Å². The van der Waals surface area contributed by atoms with Crippen LogP contribution in [-0.2, 0) is 0 Å². The summed E-state index contributed by atoms with van der Waals surface area (Å²) < 4.78 is 28.1. The Morgan fingerprint density at radius 1 is 1.23 bits per heavy atom. The van der Waals surface area contributed by atoms with Crippen molar-refractivity contribution in [1.29, 1.82) is 0 Å². The second-order valence-electron chi connectivity index (χ2n) is 6.20. The Kier molecular flexibility index (Phi) is 4.90. The molecular weight excluding hydrogens is 382 g/mol. The molecule has 1 spiro atoms. The molecule has 1 saturated heterocycles. The van der Waals surface area contributed by atoms with Crippen molar-refractivity contribution in [2.75, 3.05) is 18.4 Å². The lowest BCUT2D eigenvalue weighted by Crippen LogP contribution is -2.52. The van der Waals surface area contributed by atoms with Gasteiger partial charge in [0.1, 0.15) is 23.1 Å². The molecule has 0 bridgehead atoms. The highest BCUT2D eigenvalue weighted by Crippen LogP contribution is 2.36. The number of nitrogens with one attached hydrogen (secondary N) is 1. The van der Waals surface area contributed by atoms with Gasteiger partial charge in [0.15, 0.2) is 0 Å². The van der Waals surface area contributed by atoms with E-state index in [1.165, 1.54) is 11.3 Å². The SMILES string of the molecule is Cl.NC1=NC2(CCN(C(=O)c3cccs3)CC2)Nc2c(F)ccc(F)c21. The number of fused-ring (bicyclic) bond motifs is 1. The van der Waals surface area contributed by atoms with Crippen molar-refractivity contribution in [2.24, 2.45) is 10.7 Å². The number of amidine groups is 1. The molecule has 0 radical (unpaired) electrons. The van der Waals surface area contributed by atoms with Crippen molar-refractivity contribution in [2.45, 2.75) is 18.5 Å². The second kappa shape index (κ2) is 6.85. The van der Waals surface area contributed by atoms with Crippen LogP contribution in [0, 0.1) is 11.6 Å². The zero-order chi connectivity index (χ0) is 17.6. The van der Waals surface area contributed by atoms with Gasteiger partial charge in [-0.3, -0.25) is 4.79 Å². The number of nitrogens with two attached hydrogens (primary N) is 1. The number of amides is 1. The van der Waals surface area contributed by atoms with E-state index in [0.29, 0.717) is 30.8 Å². The molecule has 2 aromatic rings. The number of hydrogen-bond donors (Lipinski definition) is 2. The van der Waals surface area contributed by atoms with Crippen LogP contribution in [0.15, 0.2) is 34.6 Å². The number of carbonyl (C=O) groups is 1. The Morgan fingerprint density at radius 2 is 1.92 bits per heavy atom. The smallest absolute Gasteiger partial charge is 0.263 e. The summed E-state index contributed by atoms with van der Waals surface area (Å²) in [5, 5.41) is 4.89. The van der Waals surface area contributed by atoms with Crippen LogP contribution >= 0.6 is 23.7 Å². The van der Waals surface area contributed by atoms with Crippen molar-refractivity contribution in [3.63, 3.8) is 0 Å². The van der Waals surface area contributed by atoms with Gasteiger partial charge in [0.2, 0.25) is 0 Å². The number of halogens is 3. The molecule has 2 aliphatic heterocycles. The highest BCUT2D eigenvalue weighted by Gasteiger charge is 2.40. The fourth-order valence-electron chi connectivity index (χ4n) is 3.34. The van der Waals surface area contributed by atoms with E-state index < -0.39 is 17.3 Å². The third kappa shape index (κ3) is 3.03.